The largest absolute Gasteiger partial charge is 0.335 e. The van der Waals surface area contributed by atoms with E-state index >= 15 is 0 Å². The molecule has 0 radical (unpaired) electrons. The Labute approximate surface area is 152 Å². The Morgan fingerprint density at radius 3 is 2.46 bits per heavy atom. The van der Waals surface area contributed by atoms with E-state index in [2.05, 4.69) is 26.6 Å². The number of carbonyl (C=O) groups is 2. The van der Waals surface area contributed by atoms with Crippen molar-refractivity contribution in [1.29, 1.82) is 0 Å². The van der Waals surface area contributed by atoms with Gasteiger partial charge in [-0.15, -0.1) is 0 Å². The highest BCUT2D eigenvalue weighted by Gasteiger charge is 2.22. The van der Waals surface area contributed by atoms with Crippen molar-refractivity contribution in [3.63, 3.8) is 0 Å². The maximum absolute atomic E-state index is 12.3. The summed E-state index contributed by atoms with van der Waals surface area (Å²) in [4.78, 5) is 26.2. The van der Waals surface area contributed by atoms with E-state index in [1.165, 1.54) is 6.42 Å². The first-order chi connectivity index (χ1) is 11.5. The van der Waals surface area contributed by atoms with Crippen molar-refractivity contribution in [2.45, 2.75) is 57.7 Å². The number of nitrogens with zero attached hydrogens (tertiary/aromatic N) is 1. The van der Waals surface area contributed by atoms with Crippen LogP contribution in [0.5, 0.6) is 0 Å². The van der Waals surface area contributed by atoms with Crippen molar-refractivity contribution in [3.8, 4) is 0 Å². The van der Waals surface area contributed by atoms with E-state index < -0.39 is 0 Å². The van der Waals surface area contributed by atoms with E-state index in [9.17, 15) is 9.59 Å². The third kappa shape index (κ3) is 5.91. The van der Waals surface area contributed by atoms with Gasteiger partial charge in [0.05, 0.1) is 6.04 Å². The van der Waals surface area contributed by atoms with Gasteiger partial charge in [0.1, 0.15) is 0 Å². The molecule has 3 amide bonds. The summed E-state index contributed by atoms with van der Waals surface area (Å²) in [6, 6.07) is 7.42. The lowest BCUT2D eigenvalue weighted by Crippen LogP contribution is -2.50. The smallest absolute Gasteiger partial charge is 0.321 e. The molecule has 6 heteroatoms. The Balaban J connectivity index is 1.79. The summed E-state index contributed by atoms with van der Waals surface area (Å²) in [5.41, 5.74) is 1.12. The number of urea groups is 1. The number of carbonyl (C=O) groups excluding carboxylic acids is 2. The quantitative estimate of drug-likeness (QED) is 0.802. The minimum absolute atomic E-state index is 0.197. The Morgan fingerprint density at radius 2 is 1.83 bits per heavy atom. The molecule has 0 unspecified atom stereocenters. The maximum atomic E-state index is 12.3. The van der Waals surface area contributed by atoms with Crippen molar-refractivity contribution in [2.24, 2.45) is 0 Å². The highest BCUT2D eigenvalue weighted by molar-refractivity contribution is 9.10. The van der Waals surface area contributed by atoms with Crippen molar-refractivity contribution in [2.75, 3.05) is 7.05 Å². The first-order valence-corrected chi connectivity index (χ1v) is 9.31. The maximum Gasteiger partial charge on any atom is 0.321 e. The Bertz CT molecular complexity index is 556. The first kappa shape index (κ1) is 18.9. The van der Waals surface area contributed by atoms with Gasteiger partial charge in [0, 0.05) is 17.1 Å². The zero-order valence-electron chi connectivity index (χ0n) is 14.3. The molecule has 1 atom stereocenters. The molecule has 24 heavy (non-hydrogen) atoms. The Morgan fingerprint density at radius 1 is 1.21 bits per heavy atom. The lowest BCUT2D eigenvalue weighted by molar-refractivity contribution is -0.124. The number of imide groups is 1. The average molecular weight is 396 g/mol. The molecule has 0 saturated heterocycles. The third-order valence-corrected chi connectivity index (χ3v) is 5.09. The summed E-state index contributed by atoms with van der Waals surface area (Å²) in [6.07, 6.45) is 5.52. The molecular formula is C18H26BrN3O2. The van der Waals surface area contributed by atoms with Crippen LogP contribution in [0.25, 0.3) is 0 Å². The van der Waals surface area contributed by atoms with Crippen LogP contribution in [-0.2, 0) is 11.3 Å². The van der Waals surface area contributed by atoms with E-state index in [1.54, 1.807) is 0 Å². The van der Waals surface area contributed by atoms with Crippen LogP contribution in [0.15, 0.2) is 28.7 Å². The standard InChI is InChI=1S/C18H26BrN3O2/c1-13(22(2)12-14-8-10-15(19)11-9-14)17(23)21-18(24)20-16-6-4-3-5-7-16/h8-11,13,16H,3-7,12H2,1-2H3,(H2,20,21,23,24)/t13-/m0/s1. The molecule has 2 rings (SSSR count). The number of likely N-dealkylation sites (N-methyl/N-ethyl adjacent to an activating group) is 1. The number of rotatable bonds is 5. The normalized spacial score (nSPS) is 16.7. The van der Waals surface area contributed by atoms with Gasteiger partial charge in [-0.25, -0.2) is 4.79 Å². The molecule has 1 aliphatic rings. The van der Waals surface area contributed by atoms with E-state index in [0.717, 1.165) is 35.7 Å². The lowest BCUT2D eigenvalue weighted by atomic mass is 9.96. The molecule has 132 valence electrons. The van der Waals surface area contributed by atoms with Gasteiger partial charge in [0.2, 0.25) is 5.91 Å². The van der Waals surface area contributed by atoms with Gasteiger partial charge in [-0.05, 0) is 44.5 Å². The van der Waals surface area contributed by atoms with Crippen molar-refractivity contribution in [1.82, 2.24) is 15.5 Å². The monoisotopic (exact) mass is 395 g/mol. The van der Waals surface area contributed by atoms with Crippen LogP contribution < -0.4 is 10.6 Å². The van der Waals surface area contributed by atoms with Crippen LogP contribution in [0.4, 0.5) is 4.79 Å². The zero-order valence-corrected chi connectivity index (χ0v) is 15.9. The number of halogens is 1. The Hall–Kier alpha value is -1.40. The van der Waals surface area contributed by atoms with E-state index in [1.807, 2.05) is 43.1 Å². The lowest BCUT2D eigenvalue weighted by Gasteiger charge is -2.25. The second-order valence-electron chi connectivity index (χ2n) is 6.52. The van der Waals surface area contributed by atoms with Crippen LogP contribution in [0.3, 0.4) is 0 Å². The topological polar surface area (TPSA) is 61.4 Å². The number of hydrogen-bond donors (Lipinski definition) is 2. The minimum Gasteiger partial charge on any atom is -0.335 e. The van der Waals surface area contributed by atoms with Crippen LogP contribution >= 0.6 is 15.9 Å². The van der Waals surface area contributed by atoms with Crippen molar-refractivity contribution in [3.05, 3.63) is 34.3 Å². The van der Waals surface area contributed by atoms with Gasteiger partial charge in [-0.3, -0.25) is 15.0 Å². The summed E-state index contributed by atoms with van der Waals surface area (Å²) in [5.74, 6) is -0.275. The predicted molar refractivity (Wildman–Crippen MR) is 98.6 cm³/mol. The number of benzene rings is 1. The number of nitrogens with one attached hydrogen (secondary N) is 2. The molecule has 1 fully saturated rings. The van der Waals surface area contributed by atoms with Crippen LogP contribution in [-0.4, -0.2) is 36.0 Å². The zero-order chi connectivity index (χ0) is 17.5. The highest BCUT2D eigenvalue weighted by Crippen LogP contribution is 2.17. The second-order valence-corrected chi connectivity index (χ2v) is 7.43. The van der Waals surface area contributed by atoms with Gasteiger partial charge in [-0.2, -0.15) is 0 Å². The van der Waals surface area contributed by atoms with Gasteiger partial charge < -0.3 is 5.32 Å². The SMILES string of the molecule is C[C@@H](C(=O)NC(=O)NC1CCCCC1)N(C)Cc1ccc(Br)cc1. The van der Waals surface area contributed by atoms with Gasteiger partial charge in [0.15, 0.2) is 0 Å². The first-order valence-electron chi connectivity index (χ1n) is 8.51. The molecular weight excluding hydrogens is 370 g/mol. The molecule has 1 aliphatic carbocycles. The molecule has 0 heterocycles. The molecule has 5 nitrogen and oxygen atoms in total. The van der Waals surface area contributed by atoms with Gasteiger partial charge in [0.25, 0.3) is 0 Å². The second kappa shape index (κ2) is 9.18. The molecule has 1 aromatic carbocycles. The fraction of sp³-hybridized carbons (Fsp3) is 0.556. The van der Waals surface area contributed by atoms with Crippen LogP contribution in [0.1, 0.15) is 44.6 Å². The number of amides is 3. The molecule has 0 aromatic heterocycles. The van der Waals surface area contributed by atoms with Crippen molar-refractivity contribution >= 4 is 27.9 Å². The summed E-state index contributed by atoms with van der Waals surface area (Å²) in [7, 11) is 1.88. The molecule has 1 saturated carbocycles. The fourth-order valence-electron chi connectivity index (χ4n) is 2.90. The minimum atomic E-state index is -0.384. The van der Waals surface area contributed by atoms with Crippen molar-refractivity contribution < 1.29 is 9.59 Å². The summed E-state index contributed by atoms with van der Waals surface area (Å²) < 4.78 is 1.03. The van der Waals surface area contributed by atoms with E-state index in [4.69, 9.17) is 0 Å². The molecule has 0 spiro atoms. The fourth-order valence-corrected chi connectivity index (χ4v) is 3.16. The van der Waals surface area contributed by atoms with E-state index in [-0.39, 0.29) is 24.0 Å². The summed E-state index contributed by atoms with van der Waals surface area (Å²) >= 11 is 3.41. The number of hydrogen-bond acceptors (Lipinski definition) is 3. The molecule has 2 N–H and O–H groups in total. The Kier molecular flexibility index (Phi) is 7.24. The predicted octanol–water partition coefficient (Wildman–Crippen LogP) is 3.43. The molecule has 1 aromatic rings. The van der Waals surface area contributed by atoms with E-state index in [0.29, 0.717) is 6.54 Å². The van der Waals surface area contributed by atoms with Gasteiger partial charge >= 0.3 is 6.03 Å². The summed E-state index contributed by atoms with van der Waals surface area (Å²) in [6.45, 7) is 2.45. The average Bonchev–Trinajstić information content (AvgIpc) is 2.57. The highest BCUT2D eigenvalue weighted by atomic mass is 79.9. The summed E-state index contributed by atoms with van der Waals surface area (Å²) in [5, 5.41) is 5.37. The third-order valence-electron chi connectivity index (χ3n) is 4.56. The molecule has 0 aliphatic heterocycles. The van der Waals surface area contributed by atoms with Crippen LogP contribution in [0, 0.1) is 0 Å². The van der Waals surface area contributed by atoms with Gasteiger partial charge in [-0.1, -0.05) is 47.3 Å². The van der Waals surface area contributed by atoms with Crippen LogP contribution in [0.2, 0.25) is 0 Å². The molecule has 0 bridgehead atoms.